The van der Waals surface area contributed by atoms with Crippen molar-refractivity contribution in [2.75, 3.05) is 39.3 Å². The van der Waals surface area contributed by atoms with E-state index in [0.29, 0.717) is 0 Å². The van der Waals surface area contributed by atoms with Gasteiger partial charge in [0.15, 0.2) is 0 Å². The van der Waals surface area contributed by atoms with Crippen molar-refractivity contribution < 1.29 is 0 Å². The molecule has 0 aromatic heterocycles. The van der Waals surface area contributed by atoms with E-state index < -0.39 is 0 Å². The molecule has 0 aliphatic carbocycles. The van der Waals surface area contributed by atoms with Gasteiger partial charge in [-0.3, -0.25) is 4.90 Å². The summed E-state index contributed by atoms with van der Waals surface area (Å²) in [5.41, 5.74) is 0. The molecule has 0 radical (unpaired) electrons. The monoisotopic (exact) mass is 211 g/mol. The van der Waals surface area contributed by atoms with Gasteiger partial charge in [-0.05, 0) is 51.7 Å². The third-order valence-electron chi connectivity index (χ3n) is 3.92. The average molecular weight is 211 g/mol. The molecule has 3 heteroatoms. The molecule has 2 aliphatic rings. The van der Waals surface area contributed by atoms with Crippen LogP contribution in [-0.2, 0) is 0 Å². The molecule has 2 fully saturated rings. The van der Waals surface area contributed by atoms with E-state index in [-0.39, 0.29) is 0 Å². The topological polar surface area (TPSA) is 27.3 Å². The Bertz CT molecular complexity index is 178. The van der Waals surface area contributed by atoms with E-state index in [9.17, 15) is 0 Å². The molecule has 0 aromatic rings. The van der Waals surface area contributed by atoms with E-state index in [2.05, 4.69) is 22.5 Å². The number of nitrogens with one attached hydrogen (secondary N) is 2. The van der Waals surface area contributed by atoms with Crippen LogP contribution in [0.2, 0.25) is 0 Å². The van der Waals surface area contributed by atoms with Crippen molar-refractivity contribution in [3.05, 3.63) is 0 Å². The van der Waals surface area contributed by atoms with E-state index >= 15 is 0 Å². The molecular formula is C12H25N3. The predicted octanol–water partition coefficient (Wildman–Crippen LogP) is 0.670. The van der Waals surface area contributed by atoms with Crippen LogP contribution in [0, 0.1) is 5.92 Å². The lowest BCUT2D eigenvalue weighted by molar-refractivity contribution is 0.157. The van der Waals surface area contributed by atoms with Gasteiger partial charge >= 0.3 is 0 Å². The summed E-state index contributed by atoms with van der Waals surface area (Å²) >= 11 is 0. The fourth-order valence-corrected chi connectivity index (χ4v) is 2.73. The van der Waals surface area contributed by atoms with Crippen LogP contribution in [0.1, 0.15) is 26.2 Å². The van der Waals surface area contributed by atoms with Crippen molar-refractivity contribution in [3.8, 4) is 0 Å². The third-order valence-corrected chi connectivity index (χ3v) is 3.92. The number of rotatable bonds is 3. The minimum atomic E-state index is 0.737. The van der Waals surface area contributed by atoms with Gasteiger partial charge in [0, 0.05) is 25.7 Å². The van der Waals surface area contributed by atoms with E-state index in [1.807, 2.05) is 0 Å². The van der Waals surface area contributed by atoms with Crippen molar-refractivity contribution in [1.82, 2.24) is 15.5 Å². The normalized spacial score (nSPS) is 30.6. The summed E-state index contributed by atoms with van der Waals surface area (Å²) in [4.78, 5) is 2.65. The molecule has 2 saturated heterocycles. The Balaban J connectivity index is 1.67. The molecule has 0 bridgehead atoms. The van der Waals surface area contributed by atoms with Gasteiger partial charge in [0.05, 0.1) is 0 Å². The molecule has 2 rings (SSSR count). The first kappa shape index (κ1) is 11.4. The highest BCUT2D eigenvalue weighted by molar-refractivity contribution is 4.77. The second kappa shape index (κ2) is 5.83. The Morgan fingerprint density at radius 3 is 2.67 bits per heavy atom. The van der Waals surface area contributed by atoms with Crippen LogP contribution in [0.25, 0.3) is 0 Å². The lowest BCUT2D eigenvalue weighted by Crippen LogP contribution is -2.50. The molecule has 3 nitrogen and oxygen atoms in total. The van der Waals surface area contributed by atoms with E-state index in [1.54, 1.807) is 0 Å². The molecule has 2 aliphatic heterocycles. The zero-order chi connectivity index (χ0) is 10.5. The summed E-state index contributed by atoms with van der Waals surface area (Å²) in [6.45, 7) is 9.72. The van der Waals surface area contributed by atoms with Gasteiger partial charge in [0.1, 0.15) is 0 Å². The van der Waals surface area contributed by atoms with Gasteiger partial charge in [0.2, 0.25) is 0 Å². The SMILES string of the molecule is C[C@H]1CNCCN1CCC1CCNCC1. The van der Waals surface area contributed by atoms with E-state index in [0.717, 1.165) is 12.0 Å². The van der Waals surface area contributed by atoms with Crippen LogP contribution >= 0.6 is 0 Å². The number of piperazine rings is 1. The standard InChI is InChI=1S/C12H25N3/c1-11-10-14-7-9-15(11)8-4-12-2-5-13-6-3-12/h11-14H,2-10H2,1H3/t11-/m0/s1. The summed E-state index contributed by atoms with van der Waals surface area (Å²) in [5.74, 6) is 0.980. The quantitative estimate of drug-likeness (QED) is 0.718. The van der Waals surface area contributed by atoms with Crippen molar-refractivity contribution in [2.45, 2.75) is 32.2 Å². The average Bonchev–Trinajstić information content (AvgIpc) is 2.29. The van der Waals surface area contributed by atoms with Gasteiger partial charge in [-0.25, -0.2) is 0 Å². The molecule has 0 spiro atoms. The maximum absolute atomic E-state index is 3.45. The first-order valence-corrected chi connectivity index (χ1v) is 6.52. The van der Waals surface area contributed by atoms with Crippen molar-refractivity contribution in [2.24, 2.45) is 5.92 Å². The van der Waals surface area contributed by atoms with E-state index in [1.165, 1.54) is 58.5 Å². The third kappa shape index (κ3) is 3.44. The van der Waals surface area contributed by atoms with Crippen molar-refractivity contribution in [1.29, 1.82) is 0 Å². The Morgan fingerprint density at radius 1 is 1.13 bits per heavy atom. The minimum absolute atomic E-state index is 0.737. The summed E-state index contributed by atoms with van der Waals surface area (Å²) in [6, 6.07) is 0.737. The molecule has 15 heavy (non-hydrogen) atoms. The van der Waals surface area contributed by atoms with Crippen LogP contribution in [-0.4, -0.2) is 50.2 Å². The zero-order valence-corrected chi connectivity index (χ0v) is 9.97. The molecule has 0 amide bonds. The molecule has 88 valence electrons. The van der Waals surface area contributed by atoms with Crippen LogP contribution in [0.15, 0.2) is 0 Å². The fourth-order valence-electron chi connectivity index (χ4n) is 2.73. The largest absolute Gasteiger partial charge is 0.317 e. The van der Waals surface area contributed by atoms with Crippen LogP contribution in [0.5, 0.6) is 0 Å². The van der Waals surface area contributed by atoms with Gasteiger partial charge in [-0.15, -0.1) is 0 Å². The van der Waals surface area contributed by atoms with Crippen LogP contribution < -0.4 is 10.6 Å². The number of hydrogen-bond acceptors (Lipinski definition) is 3. The summed E-state index contributed by atoms with van der Waals surface area (Å²) in [7, 11) is 0. The lowest BCUT2D eigenvalue weighted by atomic mass is 9.94. The Morgan fingerprint density at radius 2 is 1.93 bits per heavy atom. The molecule has 2 heterocycles. The predicted molar refractivity (Wildman–Crippen MR) is 64.1 cm³/mol. The van der Waals surface area contributed by atoms with Gasteiger partial charge in [0.25, 0.3) is 0 Å². The fraction of sp³-hybridized carbons (Fsp3) is 1.00. The van der Waals surface area contributed by atoms with Gasteiger partial charge < -0.3 is 10.6 Å². The Hall–Kier alpha value is -0.120. The molecule has 0 unspecified atom stereocenters. The second-order valence-electron chi connectivity index (χ2n) is 5.07. The first-order valence-electron chi connectivity index (χ1n) is 6.52. The smallest absolute Gasteiger partial charge is 0.0192 e. The maximum atomic E-state index is 3.45. The number of nitrogens with zero attached hydrogens (tertiary/aromatic N) is 1. The first-order chi connectivity index (χ1) is 7.36. The highest BCUT2D eigenvalue weighted by Gasteiger charge is 2.19. The molecule has 0 aromatic carbocycles. The maximum Gasteiger partial charge on any atom is 0.0192 e. The van der Waals surface area contributed by atoms with Crippen LogP contribution in [0.4, 0.5) is 0 Å². The zero-order valence-electron chi connectivity index (χ0n) is 9.97. The molecular weight excluding hydrogens is 186 g/mol. The molecule has 0 saturated carbocycles. The summed E-state index contributed by atoms with van der Waals surface area (Å²) in [6.07, 6.45) is 4.19. The number of hydrogen-bond donors (Lipinski definition) is 2. The highest BCUT2D eigenvalue weighted by atomic mass is 15.2. The van der Waals surface area contributed by atoms with Crippen LogP contribution in [0.3, 0.4) is 0 Å². The second-order valence-corrected chi connectivity index (χ2v) is 5.07. The Kier molecular flexibility index (Phi) is 4.42. The highest BCUT2D eigenvalue weighted by Crippen LogP contribution is 2.17. The van der Waals surface area contributed by atoms with Gasteiger partial charge in [-0.1, -0.05) is 0 Å². The summed E-state index contributed by atoms with van der Waals surface area (Å²) in [5, 5.41) is 6.89. The number of piperidine rings is 1. The minimum Gasteiger partial charge on any atom is -0.317 e. The molecule has 2 N–H and O–H groups in total. The molecule has 1 atom stereocenters. The Labute approximate surface area is 93.6 Å². The van der Waals surface area contributed by atoms with Crippen molar-refractivity contribution >= 4 is 0 Å². The van der Waals surface area contributed by atoms with Crippen molar-refractivity contribution in [3.63, 3.8) is 0 Å². The lowest BCUT2D eigenvalue weighted by Gasteiger charge is -2.35. The van der Waals surface area contributed by atoms with E-state index in [4.69, 9.17) is 0 Å². The summed E-state index contributed by atoms with van der Waals surface area (Å²) < 4.78 is 0. The van der Waals surface area contributed by atoms with Gasteiger partial charge in [-0.2, -0.15) is 0 Å².